The van der Waals surface area contributed by atoms with Crippen LogP contribution in [0, 0.1) is 0 Å². The van der Waals surface area contributed by atoms with Crippen LogP contribution < -0.4 is 5.73 Å². The normalized spacial score (nSPS) is 17.9. The summed E-state index contributed by atoms with van der Waals surface area (Å²) in [7, 11) is 0. The van der Waals surface area contributed by atoms with Gasteiger partial charge in [-0.05, 0) is 31.0 Å². The fourth-order valence-electron chi connectivity index (χ4n) is 2.93. The van der Waals surface area contributed by atoms with Crippen molar-refractivity contribution in [3.05, 3.63) is 34.1 Å². The molecule has 0 radical (unpaired) electrons. The summed E-state index contributed by atoms with van der Waals surface area (Å²) in [6, 6.07) is 5.31. The molecule has 4 nitrogen and oxygen atoms in total. The van der Waals surface area contributed by atoms with Gasteiger partial charge in [-0.15, -0.1) is 0 Å². The molecule has 1 aromatic carbocycles. The van der Waals surface area contributed by atoms with E-state index >= 15 is 0 Å². The molecule has 0 bridgehead atoms. The van der Waals surface area contributed by atoms with Gasteiger partial charge >= 0.3 is 0 Å². The van der Waals surface area contributed by atoms with Gasteiger partial charge in [-0.2, -0.15) is 4.98 Å². The lowest BCUT2D eigenvalue weighted by molar-refractivity contribution is 0.220. The predicted molar refractivity (Wildman–Crippen MR) is 83.6 cm³/mol. The summed E-state index contributed by atoms with van der Waals surface area (Å²) >= 11 is 12.0. The third-order valence-electron chi connectivity index (χ3n) is 4.26. The van der Waals surface area contributed by atoms with Crippen molar-refractivity contribution >= 4 is 23.2 Å². The summed E-state index contributed by atoms with van der Waals surface area (Å²) in [5.74, 6) is 1.17. The summed E-state index contributed by atoms with van der Waals surface area (Å²) in [5.41, 5.74) is 6.62. The van der Waals surface area contributed by atoms with Crippen molar-refractivity contribution in [3.63, 3.8) is 0 Å². The van der Waals surface area contributed by atoms with Crippen LogP contribution in [0.2, 0.25) is 10.0 Å². The van der Waals surface area contributed by atoms with Gasteiger partial charge in [-0.1, -0.05) is 47.6 Å². The molecule has 1 fully saturated rings. The van der Waals surface area contributed by atoms with E-state index in [0.29, 0.717) is 28.3 Å². The first-order chi connectivity index (χ1) is 10.1. The average Bonchev–Trinajstić information content (AvgIpc) is 3.01. The Bertz CT molecular complexity index is 636. The largest absolute Gasteiger partial charge is 0.338 e. The highest BCUT2D eigenvalue weighted by atomic mass is 35.5. The quantitative estimate of drug-likeness (QED) is 0.918. The van der Waals surface area contributed by atoms with Gasteiger partial charge in [-0.25, -0.2) is 0 Å². The zero-order chi connectivity index (χ0) is 14.9. The van der Waals surface area contributed by atoms with Crippen LogP contribution in [-0.2, 0) is 5.41 Å². The summed E-state index contributed by atoms with van der Waals surface area (Å²) in [4.78, 5) is 4.56. The number of rotatable bonds is 3. The monoisotopic (exact) mass is 325 g/mol. The van der Waals surface area contributed by atoms with Gasteiger partial charge in [0.1, 0.15) is 0 Å². The number of nitrogens with two attached hydrogens (primary N) is 1. The molecule has 6 heteroatoms. The Morgan fingerprint density at radius 2 is 1.90 bits per heavy atom. The Morgan fingerprint density at radius 3 is 2.57 bits per heavy atom. The Morgan fingerprint density at radius 1 is 1.14 bits per heavy atom. The van der Waals surface area contributed by atoms with Gasteiger partial charge in [0.25, 0.3) is 0 Å². The zero-order valence-electron chi connectivity index (χ0n) is 11.6. The van der Waals surface area contributed by atoms with E-state index in [4.69, 9.17) is 33.5 Å². The van der Waals surface area contributed by atoms with Gasteiger partial charge in [0.2, 0.25) is 11.7 Å². The Labute approximate surface area is 133 Å². The molecule has 1 heterocycles. The minimum atomic E-state index is -0.167. The zero-order valence-corrected chi connectivity index (χ0v) is 13.1. The molecule has 0 unspecified atom stereocenters. The van der Waals surface area contributed by atoms with Crippen molar-refractivity contribution in [2.45, 2.75) is 37.5 Å². The molecule has 1 aromatic heterocycles. The fourth-order valence-corrected chi connectivity index (χ4v) is 3.22. The number of benzene rings is 1. The lowest BCUT2D eigenvalue weighted by Gasteiger charge is -2.32. The smallest absolute Gasteiger partial charge is 0.234 e. The summed E-state index contributed by atoms with van der Waals surface area (Å²) < 4.78 is 5.51. The van der Waals surface area contributed by atoms with Gasteiger partial charge in [0, 0.05) is 12.1 Å². The van der Waals surface area contributed by atoms with Crippen LogP contribution in [0.25, 0.3) is 11.4 Å². The fraction of sp³-hybridized carbons (Fsp3) is 0.467. The summed E-state index contributed by atoms with van der Waals surface area (Å²) in [5, 5.41) is 5.07. The first-order valence-corrected chi connectivity index (χ1v) is 7.90. The molecule has 21 heavy (non-hydrogen) atoms. The van der Waals surface area contributed by atoms with Crippen molar-refractivity contribution in [3.8, 4) is 11.4 Å². The van der Waals surface area contributed by atoms with Crippen molar-refractivity contribution in [1.82, 2.24) is 10.1 Å². The molecule has 112 valence electrons. The van der Waals surface area contributed by atoms with E-state index in [1.807, 2.05) is 6.07 Å². The first kappa shape index (κ1) is 14.8. The van der Waals surface area contributed by atoms with Gasteiger partial charge in [0.05, 0.1) is 15.5 Å². The lowest BCUT2D eigenvalue weighted by Crippen LogP contribution is -2.37. The van der Waals surface area contributed by atoms with E-state index in [1.54, 1.807) is 12.1 Å². The van der Waals surface area contributed by atoms with Crippen LogP contribution in [0.5, 0.6) is 0 Å². The molecule has 0 spiro atoms. The lowest BCUT2D eigenvalue weighted by atomic mass is 9.74. The van der Waals surface area contributed by atoms with Crippen molar-refractivity contribution < 1.29 is 4.52 Å². The number of aromatic nitrogens is 2. The number of nitrogens with zero attached hydrogens (tertiary/aromatic N) is 2. The Kier molecular flexibility index (Phi) is 4.20. The molecule has 3 rings (SSSR count). The standard InChI is InChI=1S/C15H17Cl2N3O/c16-11-5-4-10(8-12(11)17)13-19-14(21-20-13)15(9-18)6-2-1-3-7-15/h4-5,8H,1-3,6-7,9,18H2. The van der Waals surface area contributed by atoms with E-state index in [0.717, 1.165) is 31.2 Å². The van der Waals surface area contributed by atoms with Crippen molar-refractivity contribution in [2.24, 2.45) is 5.73 Å². The first-order valence-electron chi connectivity index (χ1n) is 7.14. The van der Waals surface area contributed by atoms with Crippen LogP contribution in [-0.4, -0.2) is 16.7 Å². The molecule has 0 atom stereocenters. The Hall–Kier alpha value is -1.10. The minimum absolute atomic E-state index is 0.167. The highest BCUT2D eigenvalue weighted by Gasteiger charge is 2.38. The maximum absolute atomic E-state index is 6.04. The van der Waals surface area contributed by atoms with Crippen molar-refractivity contribution in [1.29, 1.82) is 0 Å². The van der Waals surface area contributed by atoms with Crippen LogP contribution in [0.4, 0.5) is 0 Å². The molecule has 0 amide bonds. The second-order valence-electron chi connectivity index (χ2n) is 5.60. The van der Waals surface area contributed by atoms with Gasteiger partial charge < -0.3 is 10.3 Å². The van der Waals surface area contributed by atoms with Gasteiger partial charge in [-0.3, -0.25) is 0 Å². The van der Waals surface area contributed by atoms with Crippen LogP contribution >= 0.6 is 23.2 Å². The molecule has 0 aliphatic heterocycles. The third kappa shape index (κ3) is 2.80. The highest BCUT2D eigenvalue weighted by Crippen LogP contribution is 2.38. The predicted octanol–water partition coefficient (Wildman–Crippen LogP) is 4.20. The molecule has 1 aliphatic rings. The van der Waals surface area contributed by atoms with Crippen molar-refractivity contribution in [2.75, 3.05) is 6.54 Å². The van der Waals surface area contributed by atoms with Crippen LogP contribution in [0.3, 0.4) is 0 Å². The molecular weight excluding hydrogens is 309 g/mol. The van der Waals surface area contributed by atoms with E-state index < -0.39 is 0 Å². The van der Waals surface area contributed by atoms with E-state index in [-0.39, 0.29) is 5.41 Å². The maximum atomic E-state index is 6.04. The summed E-state index contributed by atoms with van der Waals surface area (Å²) in [6.07, 6.45) is 5.57. The second kappa shape index (κ2) is 5.95. The molecule has 2 N–H and O–H groups in total. The molecule has 1 aliphatic carbocycles. The van der Waals surface area contributed by atoms with E-state index in [1.165, 1.54) is 6.42 Å². The Balaban J connectivity index is 1.93. The third-order valence-corrected chi connectivity index (χ3v) is 5.00. The molecule has 1 saturated carbocycles. The van der Waals surface area contributed by atoms with Crippen LogP contribution in [0.1, 0.15) is 38.0 Å². The van der Waals surface area contributed by atoms with E-state index in [2.05, 4.69) is 10.1 Å². The summed E-state index contributed by atoms with van der Waals surface area (Å²) in [6.45, 7) is 0.538. The minimum Gasteiger partial charge on any atom is -0.338 e. The SMILES string of the molecule is NCC1(c2nc(-c3ccc(Cl)c(Cl)c3)no2)CCCCC1. The highest BCUT2D eigenvalue weighted by molar-refractivity contribution is 6.42. The average molecular weight is 326 g/mol. The number of halogens is 2. The van der Waals surface area contributed by atoms with E-state index in [9.17, 15) is 0 Å². The topological polar surface area (TPSA) is 64.9 Å². The number of hydrogen-bond acceptors (Lipinski definition) is 4. The molecule has 2 aromatic rings. The number of hydrogen-bond donors (Lipinski definition) is 1. The van der Waals surface area contributed by atoms with Gasteiger partial charge in [0.15, 0.2) is 0 Å². The van der Waals surface area contributed by atoms with Crippen LogP contribution in [0.15, 0.2) is 22.7 Å². The molecular formula is C15H17Cl2N3O. The molecule has 0 saturated heterocycles. The maximum Gasteiger partial charge on any atom is 0.234 e. The second-order valence-corrected chi connectivity index (χ2v) is 6.41.